The van der Waals surface area contributed by atoms with Gasteiger partial charge in [-0.2, -0.15) is 13.2 Å². The van der Waals surface area contributed by atoms with Crippen molar-refractivity contribution < 1.29 is 27.9 Å². The molecule has 2 N–H and O–H groups in total. The molecule has 0 amide bonds. The molecule has 0 aliphatic carbocycles. The van der Waals surface area contributed by atoms with E-state index in [0.717, 1.165) is 12.5 Å². The lowest BCUT2D eigenvalue weighted by Gasteiger charge is -2.18. The molecule has 0 aromatic carbocycles. The molecule has 0 radical (unpaired) electrons. The summed E-state index contributed by atoms with van der Waals surface area (Å²) < 4.78 is 37.4. The van der Waals surface area contributed by atoms with Crippen molar-refractivity contribution in [3.8, 4) is 0 Å². The van der Waals surface area contributed by atoms with Gasteiger partial charge < -0.3 is 10.4 Å². The molecule has 20 heavy (non-hydrogen) atoms. The summed E-state index contributed by atoms with van der Waals surface area (Å²) in [5, 5.41) is 11.7. The number of nitrogens with zero attached hydrogens (tertiary/aromatic N) is 2. The Kier molecular flexibility index (Phi) is 4.88. The van der Waals surface area contributed by atoms with Crippen LogP contribution in [0.4, 0.5) is 13.2 Å². The van der Waals surface area contributed by atoms with Crippen LogP contribution in [-0.4, -0.2) is 44.8 Å². The quantitative estimate of drug-likeness (QED) is 0.848. The predicted octanol–water partition coefficient (Wildman–Crippen LogP) is 1.08. The van der Waals surface area contributed by atoms with Crippen molar-refractivity contribution >= 4 is 11.9 Å². The summed E-state index contributed by atoms with van der Waals surface area (Å²) in [5.74, 6) is -3.32. The molecule has 1 heterocycles. The lowest BCUT2D eigenvalue weighted by Crippen LogP contribution is -2.43. The molecule has 9 heteroatoms. The highest BCUT2D eigenvalue weighted by Gasteiger charge is 2.41. The summed E-state index contributed by atoms with van der Waals surface area (Å²) in [7, 11) is 0. The fourth-order valence-electron chi connectivity index (χ4n) is 1.62. The molecule has 0 spiro atoms. The van der Waals surface area contributed by atoms with E-state index >= 15 is 0 Å². The molecule has 0 unspecified atom stereocenters. The van der Waals surface area contributed by atoms with E-state index in [1.165, 1.54) is 0 Å². The zero-order valence-electron chi connectivity index (χ0n) is 10.8. The summed E-state index contributed by atoms with van der Waals surface area (Å²) in [6, 6.07) is -1.28. The SMILES string of the molecule is CC(C)N[C@@H](Cc1cncn1C(=O)C(F)(F)F)C(=O)O. The average molecular weight is 293 g/mol. The van der Waals surface area contributed by atoms with Crippen molar-refractivity contribution in [2.75, 3.05) is 0 Å². The zero-order valence-corrected chi connectivity index (χ0v) is 10.8. The standard InChI is InChI=1S/C11H14F3N3O3/c1-6(2)16-8(9(18)19)3-7-4-15-5-17(7)10(20)11(12,13)14/h4-6,8,16H,3H2,1-2H3,(H,18,19)/t8-/m0/s1. The molecule has 1 aromatic heterocycles. The number of nitrogens with one attached hydrogen (secondary N) is 1. The van der Waals surface area contributed by atoms with Gasteiger partial charge in [0.2, 0.25) is 0 Å². The number of halogens is 3. The second kappa shape index (κ2) is 6.04. The molecule has 112 valence electrons. The number of carboxylic acid groups (broad SMARTS) is 1. The normalized spacial score (nSPS) is 13.5. The first-order valence-corrected chi connectivity index (χ1v) is 5.74. The third kappa shape index (κ3) is 4.05. The van der Waals surface area contributed by atoms with Gasteiger partial charge in [-0.05, 0) is 0 Å². The molecule has 6 nitrogen and oxygen atoms in total. The minimum atomic E-state index is -5.04. The van der Waals surface area contributed by atoms with Crippen LogP contribution >= 0.6 is 0 Å². The maximum absolute atomic E-state index is 12.4. The van der Waals surface area contributed by atoms with Crippen molar-refractivity contribution in [3.63, 3.8) is 0 Å². The lowest BCUT2D eigenvalue weighted by molar-refractivity contribution is -0.139. The third-order valence-electron chi connectivity index (χ3n) is 2.42. The number of alkyl halides is 3. The van der Waals surface area contributed by atoms with Crippen molar-refractivity contribution in [1.82, 2.24) is 14.9 Å². The van der Waals surface area contributed by atoms with E-state index in [-0.39, 0.29) is 18.2 Å². The molecular formula is C11H14F3N3O3. The van der Waals surface area contributed by atoms with Crippen LogP contribution in [0.2, 0.25) is 0 Å². The number of hydrogen-bond acceptors (Lipinski definition) is 4. The van der Waals surface area contributed by atoms with E-state index in [1.807, 2.05) is 0 Å². The highest BCUT2D eigenvalue weighted by molar-refractivity contribution is 5.85. The molecule has 0 bridgehead atoms. The van der Waals surface area contributed by atoms with Gasteiger partial charge in [0.05, 0.1) is 0 Å². The topological polar surface area (TPSA) is 84.2 Å². The number of aliphatic carboxylic acids is 1. The van der Waals surface area contributed by atoms with Gasteiger partial charge in [-0.15, -0.1) is 0 Å². The Balaban J connectivity index is 2.96. The number of carbonyl (C=O) groups is 2. The maximum atomic E-state index is 12.4. The smallest absolute Gasteiger partial charge is 0.472 e. The molecule has 0 aliphatic rings. The lowest BCUT2D eigenvalue weighted by atomic mass is 10.1. The summed E-state index contributed by atoms with van der Waals surface area (Å²) in [6.07, 6.45) is -3.56. The number of imidazole rings is 1. The van der Waals surface area contributed by atoms with Gasteiger partial charge >= 0.3 is 18.1 Å². The second-order valence-corrected chi connectivity index (χ2v) is 4.47. The van der Waals surface area contributed by atoms with E-state index in [0.29, 0.717) is 4.57 Å². The van der Waals surface area contributed by atoms with Crippen molar-refractivity contribution in [3.05, 3.63) is 18.2 Å². The Bertz CT molecular complexity index is 497. The highest BCUT2D eigenvalue weighted by atomic mass is 19.4. The fourth-order valence-corrected chi connectivity index (χ4v) is 1.62. The summed E-state index contributed by atoms with van der Waals surface area (Å²) >= 11 is 0. The number of carboxylic acids is 1. The van der Waals surface area contributed by atoms with Crippen molar-refractivity contribution in [2.45, 2.75) is 38.5 Å². The summed E-state index contributed by atoms with van der Waals surface area (Å²) in [6.45, 7) is 3.40. The van der Waals surface area contributed by atoms with Crippen molar-refractivity contribution in [2.24, 2.45) is 0 Å². The monoisotopic (exact) mass is 293 g/mol. The van der Waals surface area contributed by atoms with Crippen LogP contribution in [0.5, 0.6) is 0 Å². The van der Waals surface area contributed by atoms with Gasteiger partial charge in [-0.1, -0.05) is 13.8 Å². The first-order chi connectivity index (χ1) is 9.12. The molecule has 1 aromatic rings. The number of aromatic nitrogens is 2. The highest BCUT2D eigenvalue weighted by Crippen LogP contribution is 2.19. The van der Waals surface area contributed by atoms with E-state index in [2.05, 4.69) is 10.3 Å². The van der Waals surface area contributed by atoms with Crippen LogP contribution < -0.4 is 5.32 Å². The first-order valence-electron chi connectivity index (χ1n) is 5.74. The molecule has 1 rings (SSSR count). The maximum Gasteiger partial charge on any atom is 0.472 e. The van der Waals surface area contributed by atoms with Crippen LogP contribution in [0.1, 0.15) is 24.3 Å². The van der Waals surface area contributed by atoms with Crippen LogP contribution in [0.3, 0.4) is 0 Å². The minimum Gasteiger partial charge on any atom is -0.480 e. The molecule has 0 saturated heterocycles. The molecule has 0 saturated carbocycles. The fraction of sp³-hybridized carbons (Fsp3) is 0.545. The Labute approximate surface area is 112 Å². The molecule has 0 aliphatic heterocycles. The largest absolute Gasteiger partial charge is 0.480 e. The van der Waals surface area contributed by atoms with Gasteiger partial charge in [-0.3, -0.25) is 14.2 Å². The Hall–Kier alpha value is -1.90. The Morgan fingerprint density at radius 2 is 2.05 bits per heavy atom. The van der Waals surface area contributed by atoms with E-state index < -0.39 is 24.1 Å². The number of hydrogen-bond donors (Lipinski definition) is 2. The molecule has 0 fully saturated rings. The van der Waals surface area contributed by atoms with Crippen LogP contribution in [0.25, 0.3) is 0 Å². The van der Waals surface area contributed by atoms with Crippen LogP contribution in [0, 0.1) is 0 Å². The zero-order chi connectivity index (χ0) is 15.5. The van der Waals surface area contributed by atoms with Gasteiger partial charge in [0.25, 0.3) is 0 Å². The predicted molar refractivity (Wildman–Crippen MR) is 62.3 cm³/mol. The van der Waals surface area contributed by atoms with Crippen LogP contribution in [-0.2, 0) is 11.2 Å². The van der Waals surface area contributed by atoms with E-state index in [1.54, 1.807) is 13.8 Å². The number of carbonyl (C=O) groups excluding carboxylic acids is 1. The summed E-state index contributed by atoms with van der Waals surface area (Å²) in [5.41, 5.74) is -0.118. The van der Waals surface area contributed by atoms with Gasteiger partial charge in [0.1, 0.15) is 12.4 Å². The van der Waals surface area contributed by atoms with Gasteiger partial charge in [0, 0.05) is 24.4 Å². The minimum absolute atomic E-state index is 0.118. The number of rotatable bonds is 5. The average Bonchev–Trinajstić information content (AvgIpc) is 2.73. The first kappa shape index (κ1) is 16.2. The van der Waals surface area contributed by atoms with E-state index in [9.17, 15) is 22.8 Å². The van der Waals surface area contributed by atoms with Gasteiger partial charge in [0.15, 0.2) is 0 Å². The van der Waals surface area contributed by atoms with Gasteiger partial charge in [-0.25, -0.2) is 4.98 Å². The Morgan fingerprint density at radius 3 is 2.50 bits per heavy atom. The summed E-state index contributed by atoms with van der Waals surface area (Å²) in [4.78, 5) is 25.7. The van der Waals surface area contributed by atoms with Crippen molar-refractivity contribution in [1.29, 1.82) is 0 Å². The van der Waals surface area contributed by atoms with Crippen LogP contribution in [0.15, 0.2) is 12.5 Å². The Morgan fingerprint density at radius 1 is 1.45 bits per heavy atom. The molecule has 1 atom stereocenters. The van der Waals surface area contributed by atoms with E-state index in [4.69, 9.17) is 5.11 Å². The third-order valence-corrected chi connectivity index (χ3v) is 2.42. The second-order valence-electron chi connectivity index (χ2n) is 4.47. The molecular weight excluding hydrogens is 279 g/mol.